The second-order valence-corrected chi connectivity index (χ2v) is 4.23. The van der Waals surface area contributed by atoms with E-state index in [1.165, 1.54) is 0 Å². The van der Waals surface area contributed by atoms with Gasteiger partial charge in [-0.3, -0.25) is 4.79 Å². The molecular formula is C13H17NO2. The number of carbonyl (C=O) groups is 1. The molecule has 0 radical (unpaired) electrons. The largest absolute Gasteiger partial charge is 0.497 e. The van der Waals surface area contributed by atoms with Crippen molar-refractivity contribution in [1.29, 1.82) is 0 Å². The molecule has 86 valence electrons. The van der Waals surface area contributed by atoms with Crippen LogP contribution in [0, 0.1) is 5.92 Å². The molecule has 1 heterocycles. The number of anilines is 1. The summed E-state index contributed by atoms with van der Waals surface area (Å²) < 4.78 is 5.10. The Balaban J connectivity index is 2.19. The fourth-order valence-electron chi connectivity index (χ4n) is 2.07. The summed E-state index contributed by atoms with van der Waals surface area (Å²) in [6.07, 6.45) is 2.09. The van der Waals surface area contributed by atoms with Gasteiger partial charge in [0, 0.05) is 18.2 Å². The third kappa shape index (κ3) is 2.03. The predicted octanol–water partition coefficient (Wildman–Crippen LogP) is 2.46. The first-order valence-electron chi connectivity index (χ1n) is 5.68. The molecule has 0 aromatic heterocycles. The Hall–Kier alpha value is -1.51. The maximum absolute atomic E-state index is 12.0. The second kappa shape index (κ2) is 4.56. The number of hydrogen-bond donors (Lipinski definition) is 0. The summed E-state index contributed by atoms with van der Waals surface area (Å²) in [5.41, 5.74) is 0.970. The lowest BCUT2D eigenvalue weighted by molar-refractivity contribution is -0.123. The maximum Gasteiger partial charge on any atom is 0.229 e. The molecule has 1 aromatic carbocycles. The van der Waals surface area contributed by atoms with Gasteiger partial charge in [-0.15, -0.1) is 0 Å². The summed E-state index contributed by atoms with van der Waals surface area (Å²) in [7, 11) is 1.64. The van der Waals surface area contributed by atoms with E-state index < -0.39 is 0 Å². The van der Waals surface area contributed by atoms with Crippen LogP contribution in [-0.4, -0.2) is 19.6 Å². The zero-order valence-corrected chi connectivity index (χ0v) is 9.77. The average molecular weight is 219 g/mol. The van der Waals surface area contributed by atoms with Crippen molar-refractivity contribution in [2.75, 3.05) is 18.6 Å². The van der Waals surface area contributed by atoms with Crippen LogP contribution < -0.4 is 9.64 Å². The van der Waals surface area contributed by atoms with Crippen LogP contribution in [0.15, 0.2) is 24.3 Å². The van der Waals surface area contributed by atoms with Crippen LogP contribution in [0.5, 0.6) is 5.75 Å². The van der Waals surface area contributed by atoms with Gasteiger partial charge in [-0.05, 0) is 37.1 Å². The Morgan fingerprint density at radius 1 is 1.31 bits per heavy atom. The Kier molecular flexibility index (Phi) is 3.13. The Bertz CT molecular complexity index is 372. The highest BCUT2D eigenvalue weighted by Crippen LogP contribution is 2.25. The van der Waals surface area contributed by atoms with Crippen LogP contribution in [-0.2, 0) is 4.79 Å². The van der Waals surface area contributed by atoms with E-state index in [4.69, 9.17) is 4.74 Å². The molecule has 0 saturated carbocycles. The van der Waals surface area contributed by atoms with Crippen molar-refractivity contribution < 1.29 is 9.53 Å². The molecule has 16 heavy (non-hydrogen) atoms. The quantitative estimate of drug-likeness (QED) is 0.764. The highest BCUT2D eigenvalue weighted by Gasteiger charge is 2.25. The molecule has 1 fully saturated rings. The van der Waals surface area contributed by atoms with Crippen molar-refractivity contribution in [3.8, 4) is 5.75 Å². The van der Waals surface area contributed by atoms with Crippen molar-refractivity contribution in [2.24, 2.45) is 5.92 Å². The van der Waals surface area contributed by atoms with Gasteiger partial charge in [0.1, 0.15) is 5.75 Å². The SMILES string of the molecule is COc1ccc(N2CCCC(C)C2=O)cc1. The van der Waals surface area contributed by atoms with Gasteiger partial charge in [-0.1, -0.05) is 6.92 Å². The van der Waals surface area contributed by atoms with Gasteiger partial charge < -0.3 is 9.64 Å². The molecule has 1 unspecified atom stereocenters. The van der Waals surface area contributed by atoms with E-state index in [0.717, 1.165) is 30.8 Å². The van der Waals surface area contributed by atoms with Gasteiger partial charge in [0.15, 0.2) is 0 Å². The molecule has 1 amide bonds. The number of piperidine rings is 1. The molecule has 0 aliphatic carbocycles. The highest BCUT2D eigenvalue weighted by molar-refractivity contribution is 5.95. The molecule has 1 atom stereocenters. The minimum absolute atomic E-state index is 0.149. The molecule has 2 rings (SSSR count). The number of carbonyl (C=O) groups excluding carboxylic acids is 1. The maximum atomic E-state index is 12.0. The standard InChI is InChI=1S/C13H17NO2/c1-10-4-3-9-14(13(10)15)11-5-7-12(16-2)8-6-11/h5-8,10H,3-4,9H2,1-2H3. The molecular weight excluding hydrogens is 202 g/mol. The van der Waals surface area contributed by atoms with E-state index in [-0.39, 0.29) is 11.8 Å². The monoisotopic (exact) mass is 219 g/mol. The molecule has 0 bridgehead atoms. The third-order valence-corrected chi connectivity index (χ3v) is 3.09. The number of amides is 1. The van der Waals surface area contributed by atoms with Gasteiger partial charge >= 0.3 is 0 Å². The van der Waals surface area contributed by atoms with Crippen molar-refractivity contribution in [1.82, 2.24) is 0 Å². The molecule has 0 N–H and O–H groups in total. The normalized spacial score (nSPS) is 21.0. The molecule has 3 heteroatoms. The average Bonchev–Trinajstić information content (AvgIpc) is 2.33. The van der Waals surface area contributed by atoms with E-state index in [0.29, 0.717) is 0 Å². The fourth-order valence-corrected chi connectivity index (χ4v) is 2.07. The minimum Gasteiger partial charge on any atom is -0.497 e. The van der Waals surface area contributed by atoms with Crippen molar-refractivity contribution >= 4 is 11.6 Å². The number of methoxy groups -OCH3 is 1. The first-order valence-corrected chi connectivity index (χ1v) is 5.68. The highest BCUT2D eigenvalue weighted by atomic mass is 16.5. The van der Waals surface area contributed by atoms with Crippen LogP contribution in [0.1, 0.15) is 19.8 Å². The number of hydrogen-bond acceptors (Lipinski definition) is 2. The first kappa shape index (κ1) is 11.0. The molecule has 1 aliphatic rings. The molecule has 0 spiro atoms. The van der Waals surface area contributed by atoms with Crippen molar-refractivity contribution in [3.63, 3.8) is 0 Å². The summed E-state index contributed by atoms with van der Waals surface area (Å²) >= 11 is 0. The zero-order valence-electron chi connectivity index (χ0n) is 9.77. The Morgan fingerprint density at radius 2 is 2.00 bits per heavy atom. The second-order valence-electron chi connectivity index (χ2n) is 4.23. The summed E-state index contributed by atoms with van der Waals surface area (Å²) in [6.45, 7) is 2.83. The van der Waals surface area contributed by atoms with Gasteiger partial charge in [0.2, 0.25) is 5.91 Å². The van der Waals surface area contributed by atoms with Crippen molar-refractivity contribution in [2.45, 2.75) is 19.8 Å². The fraction of sp³-hybridized carbons (Fsp3) is 0.462. The number of ether oxygens (including phenoxy) is 1. The summed E-state index contributed by atoms with van der Waals surface area (Å²) in [4.78, 5) is 13.8. The van der Waals surface area contributed by atoms with E-state index >= 15 is 0 Å². The van der Waals surface area contributed by atoms with Crippen LogP contribution in [0.4, 0.5) is 5.69 Å². The summed E-state index contributed by atoms with van der Waals surface area (Å²) in [5.74, 6) is 1.20. The smallest absolute Gasteiger partial charge is 0.229 e. The Morgan fingerprint density at radius 3 is 2.62 bits per heavy atom. The van der Waals surface area contributed by atoms with Crippen LogP contribution >= 0.6 is 0 Å². The third-order valence-electron chi connectivity index (χ3n) is 3.09. The lowest BCUT2D eigenvalue weighted by Crippen LogP contribution is -2.40. The first-order chi connectivity index (χ1) is 7.72. The minimum atomic E-state index is 0.149. The van der Waals surface area contributed by atoms with E-state index in [2.05, 4.69) is 0 Å². The number of benzene rings is 1. The summed E-state index contributed by atoms with van der Waals surface area (Å²) in [6, 6.07) is 7.66. The predicted molar refractivity (Wildman–Crippen MR) is 63.7 cm³/mol. The van der Waals surface area contributed by atoms with Gasteiger partial charge in [0.25, 0.3) is 0 Å². The topological polar surface area (TPSA) is 29.5 Å². The lowest BCUT2D eigenvalue weighted by Gasteiger charge is -2.30. The molecule has 1 aromatic rings. The number of nitrogens with zero attached hydrogens (tertiary/aromatic N) is 1. The van der Waals surface area contributed by atoms with Gasteiger partial charge in [-0.2, -0.15) is 0 Å². The molecule has 1 aliphatic heterocycles. The Labute approximate surface area is 96.0 Å². The number of rotatable bonds is 2. The van der Waals surface area contributed by atoms with E-state index in [1.54, 1.807) is 7.11 Å². The van der Waals surface area contributed by atoms with Crippen LogP contribution in [0.2, 0.25) is 0 Å². The molecule has 3 nitrogen and oxygen atoms in total. The lowest BCUT2D eigenvalue weighted by atomic mass is 9.98. The van der Waals surface area contributed by atoms with Crippen molar-refractivity contribution in [3.05, 3.63) is 24.3 Å². The van der Waals surface area contributed by atoms with Crippen LogP contribution in [0.3, 0.4) is 0 Å². The molecule has 1 saturated heterocycles. The zero-order chi connectivity index (χ0) is 11.5. The van der Waals surface area contributed by atoms with E-state index in [1.807, 2.05) is 36.1 Å². The van der Waals surface area contributed by atoms with Gasteiger partial charge in [0.05, 0.1) is 7.11 Å². The van der Waals surface area contributed by atoms with Crippen LogP contribution in [0.25, 0.3) is 0 Å². The van der Waals surface area contributed by atoms with E-state index in [9.17, 15) is 4.79 Å². The van der Waals surface area contributed by atoms with Gasteiger partial charge in [-0.25, -0.2) is 0 Å². The summed E-state index contributed by atoms with van der Waals surface area (Å²) in [5, 5.41) is 0.